The molecule has 0 radical (unpaired) electrons. The highest BCUT2D eigenvalue weighted by Gasteiger charge is 2.23. The van der Waals surface area contributed by atoms with E-state index in [1.54, 1.807) is 12.1 Å². The number of piperidine rings is 1. The van der Waals surface area contributed by atoms with Crippen LogP contribution in [-0.2, 0) is 6.54 Å². The van der Waals surface area contributed by atoms with Crippen molar-refractivity contribution in [3.8, 4) is 0 Å². The summed E-state index contributed by atoms with van der Waals surface area (Å²) in [5, 5.41) is 0. The van der Waals surface area contributed by atoms with Crippen molar-refractivity contribution in [1.82, 2.24) is 9.55 Å². The lowest BCUT2D eigenvalue weighted by Gasteiger charge is -2.32. The third-order valence-corrected chi connectivity index (χ3v) is 4.87. The van der Waals surface area contributed by atoms with Crippen LogP contribution in [0.25, 0.3) is 15.9 Å². The molecule has 0 unspecified atom stereocenters. The lowest BCUT2D eigenvalue weighted by atomic mass is 10.1. The van der Waals surface area contributed by atoms with Crippen LogP contribution < -0.4 is 10.6 Å². The number of imidazole rings is 1. The van der Waals surface area contributed by atoms with E-state index in [1.165, 1.54) is 6.07 Å². The van der Waals surface area contributed by atoms with E-state index in [2.05, 4.69) is 9.74 Å². The number of nitrogens with zero attached hydrogens (tertiary/aromatic N) is 4. The standard InChI is InChI=1S/C20H20FN5.ClH/c1-23-16-9-8-14(17(21)11-16)12-26-19-7-3-2-6-18(19)24-20(26)25-10-4-5-15(22)13-25;/h2-3,6-9,11,15H,4-5,10,12-13,22H2;1H/t15-;/m0./s1. The van der Waals surface area contributed by atoms with Crippen molar-refractivity contribution in [3.05, 3.63) is 65.3 Å². The summed E-state index contributed by atoms with van der Waals surface area (Å²) in [6, 6.07) is 12.6. The Morgan fingerprint density at radius 2 is 2.07 bits per heavy atom. The maximum Gasteiger partial charge on any atom is 0.206 e. The summed E-state index contributed by atoms with van der Waals surface area (Å²) < 4.78 is 16.5. The number of hydrogen-bond acceptors (Lipinski definition) is 3. The van der Waals surface area contributed by atoms with Crippen LogP contribution in [0.1, 0.15) is 18.4 Å². The van der Waals surface area contributed by atoms with Crippen LogP contribution in [0.4, 0.5) is 16.0 Å². The number of halogens is 2. The molecule has 0 spiro atoms. The first-order chi connectivity index (χ1) is 12.7. The molecule has 0 amide bonds. The van der Waals surface area contributed by atoms with E-state index < -0.39 is 0 Å². The predicted molar refractivity (Wildman–Crippen MR) is 108 cm³/mol. The fraction of sp³-hybridized carbons (Fsp3) is 0.300. The monoisotopic (exact) mass is 385 g/mol. The summed E-state index contributed by atoms with van der Waals surface area (Å²) in [7, 11) is 0. The molecule has 1 aromatic heterocycles. The number of rotatable bonds is 3. The minimum atomic E-state index is -0.363. The molecule has 0 bridgehead atoms. The van der Waals surface area contributed by atoms with Crippen molar-refractivity contribution in [1.29, 1.82) is 0 Å². The van der Waals surface area contributed by atoms with E-state index in [1.807, 2.05) is 28.8 Å². The van der Waals surface area contributed by atoms with Gasteiger partial charge in [0.05, 0.1) is 24.2 Å². The molecule has 140 valence electrons. The van der Waals surface area contributed by atoms with E-state index in [-0.39, 0.29) is 24.3 Å². The third kappa shape index (κ3) is 3.75. The molecule has 1 atom stereocenters. The average molecular weight is 386 g/mol. The summed E-state index contributed by atoms with van der Waals surface area (Å²) in [6.45, 7) is 9.04. The molecule has 2 N–H and O–H groups in total. The first-order valence-corrected chi connectivity index (χ1v) is 8.77. The summed E-state index contributed by atoms with van der Waals surface area (Å²) in [5.41, 5.74) is 8.86. The molecule has 1 aliphatic rings. The maximum absolute atomic E-state index is 14.5. The van der Waals surface area contributed by atoms with E-state index in [9.17, 15) is 4.39 Å². The first kappa shape index (κ1) is 19.2. The van der Waals surface area contributed by atoms with Gasteiger partial charge in [0.1, 0.15) is 5.82 Å². The molecule has 3 aromatic rings. The normalized spacial score (nSPS) is 16.8. The smallest absolute Gasteiger partial charge is 0.206 e. The van der Waals surface area contributed by atoms with Gasteiger partial charge in [0.15, 0.2) is 5.69 Å². The molecule has 1 fully saturated rings. The number of hydrogen-bond donors (Lipinski definition) is 1. The van der Waals surface area contributed by atoms with Crippen LogP contribution in [0, 0.1) is 12.4 Å². The van der Waals surface area contributed by atoms with Crippen LogP contribution in [0.15, 0.2) is 42.5 Å². The van der Waals surface area contributed by atoms with Gasteiger partial charge in [0.25, 0.3) is 0 Å². The Labute approximate surface area is 163 Å². The van der Waals surface area contributed by atoms with Gasteiger partial charge < -0.3 is 15.2 Å². The lowest BCUT2D eigenvalue weighted by molar-refractivity contribution is 0.494. The van der Waals surface area contributed by atoms with E-state index in [4.69, 9.17) is 17.3 Å². The van der Waals surface area contributed by atoms with Crippen LogP contribution in [-0.4, -0.2) is 28.7 Å². The molecule has 2 heterocycles. The molecule has 0 saturated carbocycles. The quantitative estimate of drug-likeness (QED) is 0.690. The number of aromatic nitrogens is 2. The van der Waals surface area contributed by atoms with Crippen molar-refractivity contribution < 1.29 is 4.39 Å². The number of benzene rings is 2. The highest BCUT2D eigenvalue weighted by atomic mass is 35.5. The van der Waals surface area contributed by atoms with Crippen molar-refractivity contribution in [2.45, 2.75) is 25.4 Å². The Kier molecular flexibility index (Phi) is 5.64. The first-order valence-electron chi connectivity index (χ1n) is 8.77. The fourth-order valence-corrected chi connectivity index (χ4v) is 3.56. The maximum atomic E-state index is 14.5. The van der Waals surface area contributed by atoms with Gasteiger partial charge >= 0.3 is 0 Å². The Morgan fingerprint density at radius 3 is 2.81 bits per heavy atom. The number of anilines is 1. The van der Waals surface area contributed by atoms with Crippen LogP contribution >= 0.6 is 12.4 Å². The molecule has 0 aliphatic carbocycles. The number of nitrogens with two attached hydrogens (primary N) is 1. The SMILES string of the molecule is Cl.[C-]#[N+]c1ccc(Cn2c(N3CCC[C@H](N)C3)nc3ccccc32)c(F)c1. The molecule has 27 heavy (non-hydrogen) atoms. The van der Waals surface area contributed by atoms with Crippen LogP contribution in [0.5, 0.6) is 0 Å². The van der Waals surface area contributed by atoms with Crippen LogP contribution in [0.3, 0.4) is 0 Å². The van der Waals surface area contributed by atoms with E-state index in [0.29, 0.717) is 17.8 Å². The Balaban J connectivity index is 0.00000210. The molecule has 2 aromatic carbocycles. The molecule has 1 saturated heterocycles. The summed E-state index contributed by atoms with van der Waals surface area (Å²) in [4.78, 5) is 10.3. The highest BCUT2D eigenvalue weighted by Crippen LogP contribution is 2.27. The number of para-hydroxylation sites is 2. The Bertz CT molecular complexity index is 994. The van der Waals surface area contributed by atoms with Crippen molar-refractivity contribution in [2.75, 3.05) is 18.0 Å². The van der Waals surface area contributed by atoms with Crippen molar-refractivity contribution in [3.63, 3.8) is 0 Å². The highest BCUT2D eigenvalue weighted by molar-refractivity contribution is 5.85. The number of fused-ring (bicyclic) bond motifs is 1. The van der Waals surface area contributed by atoms with Gasteiger partial charge in [-0.3, -0.25) is 0 Å². The fourth-order valence-electron chi connectivity index (χ4n) is 3.56. The second kappa shape index (κ2) is 7.95. The average Bonchev–Trinajstić information content (AvgIpc) is 3.02. The largest absolute Gasteiger partial charge is 0.341 e. The third-order valence-electron chi connectivity index (χ3n) is 4.87. The molecular formula is C20H21ClFN5. The minimum Gasteiger partial charge on any atom is -0.341 e. The Hall–Kier alpha value is -2.62. The van der Waals surface area contributed by atoms with Gasteiger partial charge in [0, 0.05) is 24.7 Å². The summed E-state index contributed by atoms with van der Waals surface area (Å²) >= 11 is 0. The molecular weight excluding hydrogens is 365 g/mol. The zero-order chi connectivity index (χ0) is 18.1. The Morgan fingerprint density at radius 1 is 1.26 bits per heavy atom. The summed E-state index contributed by atoms with van der Waals surface area (Å²) in [6.07, 6.45) is 2.04. The predicted octanol–water partition coefficient (Wildman–Crippen LogP) is 4.12. The second-order valence-corrected chi connectivity index (χ2v) is 6.72. The van der Waals surface area contributed by atoms with Crippen LogP contribution in [0.2, 0.25) is 0 Å². The topological polar surface area (TPSA) is 51.4 Å². The van der Waals surface area contributed by atoms with Gasteiger partial charge in [0.2, 0.25) is 5.95 Å². The van der Waals surface area contributed by atoms with Gasteiger partial charge in [-0.2, -0.15) is 0 Å². The lowest BCUT2D eigenvalue weighted by Crippen LogP contribution is -2.44. The zero-order valence-electron chi connectivity index (χ0n) is 14.8. The van der Waals surface area contributed by atoms with Gasteiger partial charge in [-0.25, -0.2) is 14.2 Å². The van der Waals surface area contributed by atoms with E-state index in [0.717, 1.165) is 42.9 Å². The van der Waals surface area contributed by atoms with Gasteiger partial charge in [-0.15, -0.1) is 12.4 Å². The molecule has 7 heteroatoms. The second-order valence-electron chi connectivity index (χ2n) is 6.72. The molecule has 1 aliphatic heterocycles. The zero-order valence-corrected chi connectivity index (χ0v) is 15.6. The van der Waals surface area contributed by atoms with Crippen molar-refractivity contribution in [2.24, 2.45) is 5.73 Å². The molecule has 4 rings (SSSR count). The van der Waals surface area contributed by atoms with Crippen molar-refractivity contribution >= 4 is 35.1 Å². The molecule has 5 nitrogen and oxygen atoms in total. The minimum absolute atomic E-state index is 0. The van der Waals surface area contributed by atoms with Gasteiger partial charge in [-0.05, 0) is 31.0 Å². The summed E-state index contributed by atoms with van der Waals surface area (Å²) in [5.74, 6) is 0.465. The van der Waals surface area contributed by atoms with Gasteiger partial charge in [-0.1, -0.05) is 24.3 Å². The van der Waals surface area contributed by atoms with E-state index >= 15 is 0 Å².